The summed E-state index contributed by atoms with van der Waals surface area (Å²) in [5, 5.41) is 2.59. The summed E-state index contributed by atoms with van der Waals surface area (Å²) in [6.45, 7) is 4.30. The van der Waals surface area contributed by atoms with E-state index in [-0.39, 0.29) is 11.9 Å². The maximum atomic E-state index is 13.2. The number of amides is 2. The molecule has 0 aliphatic carbocycles. The Balaban J connectivity index is 1.79. The summed E-state index contributed by atoms with van der Waals surface area (Å²) in [6, 6.07) is 7.51. The lowest BCUT2D eigenvalue weighted by Crippen LogP contribution is -2.46. The van der Waals surface area contributed by atoms with E-state index in [9.17, 15) is 14.0 Å². The van der Waals surface area contributed by atoms with E-state index in [4.69, 9.17) is 5.73 Å². The van der Waals surface area contributed by atoms with Gasteiger partial charge in [-0.25, -0.2) is 9.37 Å². The van der Waals surface area contributed by atoms with Gasteiger partial charge < -0.3 is 16.0 Å². The first-order valence-corrected chi connectivity index (χ1v) is 8.94. The van der Waals surface area contributed by atoms with Crippen LogP contribution in [0.2, 0.25) is 0 Å². The number of nitrogens with zero attached hydrogens (tertiary/aromatic N) is 2. The van der Waals surface area contributed by atoms with Crippen LogP contribution in [0, 0.1) is 18.7 Å². The van der Waals surface area contributed by atoms with Gasteiger partial charge >= 0.3 is 11.8 Å². The van der Waals surface area contributed by atoms with Crippen LogP contribution in [0.25, 0.3) is 0 Å². The SMILES string of the molecule is Cc1cc(NC(=O)C(=O)N2C[C@H](C)CC[C@H]2c2ccc(F)cc2)cnc1N. The largest absolute Gasteiger partial charge is 0.383 e. The molecule has 0 unspecified atom stereocenters. The normalized spacial score (nSPS) is 19.6. The van der Waals surface area contributed by atoms with E-state index >= 15 is 0 Å². The predicted molar refractivity (Wildman–Crippen MR) is 101 cm³/mol. The summed E-state index contributed by atoms with van der Waals surface area (Å²) >= 11 is 0. The zero-order chi connectivity index (χ0) is 19.6. The molecule has 6 nitrogen and oxygen atoms in total. The van der Waals surface area contributed by atoms with Gasteiger partial charge in [-0.05, 0) is 55.0 Å². The minimum absolute atomic E-state index is 0.244. The van der Waals surface area contributed by atoms with Crippen LogP contribution in [-0.2, 0) is 9.59 Å². The number of likely N-dealkylation sites (tertiary alicyclic amines) is 1. The fourth-order valence-corrected chi connectivity index (χ4v) is 3.38. The van der Waals surface area contributed by atoms with Crippen molar-refractivity contribution in [1.82, 2.24) is 9.88 Å². The van der Waals surface area contributed by atoms with Gasteiger partial charge in [0.05, 0.1) is 17.9 Å². The molecule has 3 N–H and O–H groups in total. The molecule has 1 aliphatic heterocycles. The summed E-state index contributed by atoms with van der Waals surface area (Å²) < 4.78 is 13.2. The van der Waals surface area contributed by atoms with E-state index < -0.39 is 11.8 Å². The highest BCUT2D eigenvalue weighted by atomic mass is 19.1. The van der Waals surface area contributed by atoms with Crippen molar-refractivity contribution in [3.05, 3.63) is 53.5 Å². The number of carbonyl (C=O) groups is 2. The molecule has 2 atom stereocenters. The van der Waals surface area contributed by atoms with Crippen molar-refractivity contribution in [2.24, 2.45) is 5.92 Å². The van der Waals surface area contributed by atoms with E-state index in [1.54, 1.807) is 30.0 Å². The van der Waals surface area contributed by atoms with Gasteiger partial charge in [-0.15, -0.1) is 0 Å². The smallest absolute Gasteiger partial charge is 0.313 e. The van der Waals surface area contributed by atoms with Gasteiger partial charge in [0, 0.05) is 6.54 Å². The Hall–Kier alpha value is -2.96. The van der Waals surface area contributed by atoms with Gasteiger partial charge in [0.15, 0.2) is 0 Å². The van der Waals surface area contributed by atoms with Crippen molar-refractivity contribution in [2.75, 3.05) is 17.6 Å². The first kappa shape index (κ1) is 18.8. The number of pyridine rings is 1. The number of anilines is 2. The highest BCUT2D eigenvalue weighted by Crippen LogP contribution is 2.33. The lowest BCUT2D eigenvalue weighted by Gasteiger charge is -2.38. The number of aryl methyl sites for hydroxylation is 1. The number of hydrogen-bond donors (Lipinski definition) is 2. The molecule has 2 amide bonds. The standard InChI is InChI=1S/C20H23FN4O2/c1-12-3-8-17(14-4-6-15(21)7-5-14)25(11-12)20(27)19(26)24-16-9-13(2)18(22)23-10-16/h4-7,9-10,12,17H,3,8,11H2,1-2H3,(H2,22,23)(H,24,26)/t12-,17+/m1/s1. The number of hydrogen-bond acceptors (Lipinski definition) is 4. The van der Waals surface area contributed by atoms with Gasteiger partial charge in [-0.1, -0.05) is 19.1 Å². The Morgan fingerprint density at radius 1 is 1.26 bits per heavy atom. The predicted octanol–water partition coefficient (Wildman–Crippen LogP) is 3.05. The van der Waals surface area contributed by atoms with Crippen molar-refractivity contribution in [2.45, 2.75) is 32.7 Å². The second-order valence-electron chi connectivity index (χ2n) is 7.09. The molecule has 1 aliphatic rings. The molecular weight excluding hydrogens is 347 g/mol. The van der Waals surface area contributed by atoms with Gasteiger partial charge in [0.1, 0.15) is 11.6 Å². The number of carbonyl (C=O) groups excluding carboxylic acids is 2. The fraction of sp³-hybridized carbons (Fsp3) is 0.350. The Morgan fingerprint density at radius 3 is 2.63 bits per heavy atom. The molecule has 1 fully saturated rings. The third-order valence-corrected chi connectivity index (χ3v) is 4.90. The number of benzene rings is 1. The molecule has 3 rings (SSSR count). The lowest BCUT2D eigenvalue weighted by molar-refractivity contribution is -0.146. The number of nitrogens with two attached hydrogens (primary N) is 1. The van der Waals surface area contributed by atoms with Gasteiger partial charge in [-0.3, -0.25) is 9.59 Å². The second-order valence-corrected chi connectivity index (χ2v) is 7.09. The van der Waals surface area contributed by atoms with Crippen molar-refractivity contribution >= 4 is 23.3 Å². The zero-order valence-corrected chi connectivity index (χ0v) is 15.4. The minimum atomic E-state index is -0.720. The zero-order valence-electron chi connectivity index (χ0n) is 15.4. The maximum absolute atomic E-state index is 13.2. The molecule has 1 saturated heterocycles. The van der Waals surface area contributed by atoms with Crippen LogP contribution in [0.15, 0.2) is 36.5 Å². The van der Waals surface area contributed by atoms with Gasteiger partial charge in [0.25, 0.3) is 0 Å². The third-order valence-electron chi connectivity index (χ3n) is 4.90. The Kier molecular flexibility index (Phi) is 5.39. The minimum Gasteiger partial charge on any atom is -0.383 e. The number of nitrogen functional groups attached to an aromatic ring is 1. The van der Waals surface area contributed by atoms with Gasteiger partial charge in [-0.2, -0.15) is 0 Å². The summed E-state index contributed by atoms with van der Waals surface area (Å²) in [6.07, 6.45) is 3.09. The number of rotatable bonds is 2. The van der Waals surface area contributed by atoms with E-state index in [0.717, 1.165) is 24.0 Å². The first-order chi connectivity index (χ1) is 12.8. The Morgan fingerprint density at radius 2 is 1.96 bits per heavy atom. The highest BCUT2D eigenvalue weighted by Gasteiger charge is 2.34. The summed E-state index contributed by atoms with van der Waals surface area (Å²) in [4.78, 5) is 30.9. The van der Waals surface area contributed by atoms with E-state index in [1.165, 1.54) is 18.3 Å². The molecule has 2 aromatic rings. The van der Waals surface area contributed by atoms with Crippen LogP contribution in [-0.4, -0.2) is 28.2 Å². The van der Waals surface area contributed by atoms with Crippen LogP contribution in [0.3, 0.4) is 0 Å². The fourth-order valence-electron chi connectivity index (χ4n) is 3.38. The molecule has 0 saturated carbocycles. The van der Waals surface area contributed by atoms with Gasteiger partial charge in [0.2, 0.25) is 0 Å². The van der Waals surface area contributed by atoms with Crippen molar-refractivity contribution in [3.8, 4) is 0 Å². The molecule has 27 heavy (non-hydrogen) atoms. The number of nitrogens with one attached hydrogen (secondary N) is 1. The summed E-state index contributed by atoms with van der Waals surface area (Å²) in [7, 11) is 0. The number of halogens is 1. The Bertz CT molecular complexity index is 854. The van der Waals surface area contributed by atoms with Crippen LogP contribution in [0.5, 0.6) is 0 Å². The average molecular weight is 370 g/mol. The second kappa shape index (κ2) is 7.73. The topological polar surface area (TPSA) is 88.3 Å². The number of piperidine rings is 1. The molecule has 7 heteroatoms. The lowest BCUT2D eigenvalue weighted by atomic mass is 9.90. The highest BCUT2D eigenvalue weighted by molar-refractivity contribution is 6.39. The number of aromatic nitrogens is 1. The molecular formula is C20H23FN4O2. The van der Waals surface area contributed by atoms with Crippen LogP contribution >= 0.6 is 0 Å². The molecule has 2 heterocycles. The average Bonchev–Trinajstić information content (AvgIpc) is 2.65. The summed E-state index contributed by atoms with van der Waals surface area (Å²) in [5.41, 5.74) is 7.65. The quantitative estimate of drug-likeness (QED) is 0.795. The van der Waals surface area contributed by atoms with Crippen molar-refractivity contribution in [1.29, 1.82) is 0 Å². The molecule has 0 spiro atoms. The van der Waals surface area contributed by atoms with E-state index in [0.29, 0.717) is 24.0 Å². The van der Waals surface area contributed by atoms with E-state index in [1.807, 2.05) is 6.92 Å². The molecule has 142 valence electrons. The first-order valence-electron chi connectivity index (χ1n) is 8.94. The molecule has 1 aromatic heterocycles. The van der Waals surface area contributed by atoms with Crippen molar-refractivity contribution in [3.63, 3.8) is 0 Å². The van der Waals surface area contributed by atoms with E-state index in [2.05, 4.69) is 10.3 Å². The molecule has 1 aromatic carbocycles. The molecule has 0 radical (unpaired) electrons. The third kappa shape index (κ3) is 4.24. The molecule has 0 bridgehead atoms. The monoisotopic (exact) mass is 370 g/mol. The van der Waals surface area contributed by atoms with Crippen LogP contribution in [0.4, 0.5) is 15.9 Å². The van der Waals surface area contributed by atoms with Crippen molar-refractivity contribution < 1.29 is 14.0 Å². The maximum Gasteiger partial charge on any atom is 0.313 e. The van der Waals surface area contributed by atoms with Crippen LogP contribution in [0.1, 0.15) is 36.9 Å². The Labute approximate surface area is 157 Å². The van der Waals surface area contributed by atoms with Crippen LogP contribution < -0.4 is 11.1 Å². The summed E-state index contributed by atoms with van der Waals surface area (Å²) in [5.74, 6) is -0.989.